The molecule has 6 rings (SSSR count). The van der Waals surface area contributed by atoms with E-state index in [2.05, 4.69) is 28.2 Å². The van der Waals surface area contributed by atoms with Crippen LogP contribution in [0.2, 0.25) is 0 Å². The molecule has 0 radical (unpaired) electrons. The van der Waals surface area contributed by atoms with Crippen molar-refractivity contribution in [3.8, 4) is 0 Å². The van der Waals surface area contributed by atoms with Gasteiger partial charge in [-0.2, -0.15) is 0 Å². The van der Waals surface area contributed by atoms with E-state index in [9.17, 15) is 13.2 Å². The van der Waals surface area contributed by atoms with Gasteiger partial charge in [-0.1, -0.05) is 42.5 Å². The van der Waals surface area contributed by atoms with Crippen LogP contribution in [0.4, 0.5) is 11.4 Å². The molecule has 6 nitrogen and oxygen atoms in total. The molecule has 1 aliphatic carbocycles. The quantitative estimate of drug-likeness (QED) is 0.289. The van der Waals surface area contributed by atoms with Crippen molar-refractivity contribution in [2.24, 2.45) is 5.92 Å². The van der Waals surface area contributed by atoms with E-state index in [1.807, 2.05) is 56.3 Å². The van der Waals surface area contributed by atoms with E-state index < -0.39 is 10.0 Å². The highest BCUT2D eigenvalue weighted by Gasteiger charge is 2.43. The summed E-state index contributed by atoms with van der Waals surface area (Å²) in [6.07, 6.45) is 0.870. The molecule has 0 saturated heterocycles. The second kappa shape index (κ2) is 9.58. The lowest BCUT2D eigenvalue weighted by Gasteiger charge is -2.38. The molecule has 0 saturated carbocycles. The van der Waals surface area contributed by atoms with Crippen LogP contribution in [0.3, 0.4) is 0 Å². The summed E-state index contributed by atoms with van der Waals surface area (Å²) in [5, 5.41) is 3.69. The van der Waals surface area contributed by atoms with Gasteiger partial charge in [-0.25, -0.2) is 13.2 Å². The summed E-state index contributed by atoms with van der Waals surface area (Å²) in [6, 6.07) is 26.9. The topological polar surface area (TPSA) is 84.5 Å². The molecule has 4 aromatic rings. The lowest BCUT2D eigenvalue weighted by atomic mass is 9.75. The first-order valence-electron chi connectivity index (χ1n) is 13.0. The van der Waals surface area contributed by atoms with Crippen molar-refractivity contribution in [3.05, 3.63) is 124 Å². The maximum absolute atomic E-state index is 13.4. The van der Waals surface area contributed by atoms with E-state index in [1.54, 1.807) is 24.3 Å². The summed E-state index contributed by atoms with van der Waals surface area (Å²) in [4.78, 5) is 12.2. The molecule has 0 fully saturated rings. The Balaban J connectivity index is 1.39. The van der Waals surface area contributed by atoms with Crippen LogP contribution < -0.4 is 10.0 Å². The van der Waals surface area contributed by atoms with E-state index in [-0.39, 0.29) is 28.7 Å². The van der Waals surface area contributed by atoms with Crippen molar-refractivity contribution >= 4 is 27.4 Å². The molecule has 0 bridgehead atoms. The zero-order valence-corrected chi connectivity index (χ0v) is 22.9. The number of nitrogens with one attached hydrogen (secondary N) is 2. The van der Waals surface area contributed by atoms with Crippen molar-refractivity contribution in [2.45, 2.75) is 37.1 Å². The summed E-state index contributed by atoms with van der Waals surface area (Å²) in [5.74, 6) is -0.137. The van der Waals surface area contributed by atoms with Gasteiger partial charge in [0.1, 0.15) is 0 Å². The number of aryl methyl sites for hydroxylation is 2. The molecule has 39 heavy (non-hydrogen) atoms. The highest BCUT2D eigenvalue weighted by molar-refractivity contribution is 7.92. The maximum atomic E-state index is 13.4. The summed E-state index contributed by atoms with van der Waals surface area (Å²) in [5.41, 5.74) is 8.68. The number of anilines is 2. The van der Waals surface area contributed by atoms with Gasteiger partial charge < -0.3 is 10.1 Å². The molecule has 198 valence electrons. The lowest BCUT2D eigenvalue weighted by molar-refractivity contribution is 0.0600. The van der Waals surface area contributed by atoms with Crippen LogP contribution >= 0.6 is 0 Å². The van der Waals surface area contributed by atoms with Crippen LogP contribution in [0.5, 0.6) is 0 Å². The Hall–Kier alpha value is -4.10. The minimum atomic E-state index is -3.79. The van der Waals surface area contributed by atoms with Gasteiger partial charge in [-0.05, 0) is 102 Å². The third-order valence-corrected chi connectivity index (χ3v) is 9.51. The first-order chi connectivity index (χ1) is 18.7. The number of sulfonamides is 1. The second-order valence-corrected chi connectivity index (χ2v) is 12.1. The van der Waals surface area contributed by atoms with E-state index in [0.29, 0.717) is 11.3 Å². The van der Waals surface area contributed by atoms with Crippen LogP contribution in [-0.4, -0.2) is 21.5 Å². The molecule has 0 unspecified atom stereocenters. The van der Waals surface area contributed by atoms with E-state index in [4.69, 9.17) is 4.74 Å². The predicted octanol–water partition coefficient (Wildman–Crippen LogP) is 6.36. The van der Waals surface area contributed by atoms with Gasteiger partial charge >= 0.3 is 5.97 Å². The van der Waals surface area contributed by atoms with Gasteiger partial charge in [0.05, 0.1) is 23.6 Å². The fourth-order valence-corrected chi connectivity index (χ4v) is 7.08. The number of methoxy groups -OCH3 is 1. The number of fused-ring (bicyclic) bond motifs is 5. The predicted molar refractivity (Wildman–Crippen MR) is 153 cm³/mol. The fraction of sp³-hybridized carbons (Fsp3) is 0.219. The highest BCUT2D eigenvalue weighted by Crippen LogP contribution is 2.54. The van der Waals surface area contributed by atoms with Crippen molar-refractivity contribution in [2.75, 3.05) is 17.1 Å². The summed E-state index contributed by atoms with van der Waals surface area (Å²) in [6.45, 7) is 3.97. The number of benzene rings is 4. The molecule has 7 heteroatoms. The third-order valence-electron chi connectivity index (χ3n) is 8.13. The van der Waals surface area contributed by atoms with Crippen molar-refractivity contribution in [1.29, 1.82) is 0 Å². The number of hydrogen-bond acceptors (Lipinski definition) is 5. The summed E-state index contributed by atoms with van der Waals surface area (Å²) >= 11 is 0. The Kier molecular flexibility index (Phi) is 6.19. The SMILES string of the molecule is COC(=O)c1ccc([C@@H]2Nc3ccc(S(=O)(=O)Nc4ccc(C)c(C)c4)cc3[C@H]3c4ccccc4C[C@H]32)cc1. The zero-order valence-electron chi connectivity index (χ0n) is 22.1. The Morgan fingerprint density at radius 1 is 0.897 bits per heavy atom. The zero-order chi connectivity index (χ0) is 27.3. The van der Waals surface area contributed by atoms with Crippen LogP contribution in [0.1, 0.15) is 55.7 Å². The highest BCUT2D eigenvalue weighted by atomic mass is 32.2. The molecule has 2 N–H and O–H groups in total. The Morgan fingerprint density at radius 3 is 2.41 bits per heavy atom. The normalized spacial score (nSPS) is 19.3. The molecule has 2 aliphatic rings. The molecular formula is C32H30N2O4S. The molecule has 0 amide bonds. The standard InChI is InChI=1S/C32H30N2O4S/c1-19-8-13-24(16-20(19)2)34-39(36,37)25-14-15-29-27(18-25)30-26-7-5-4-6-23(26)17-28(30)31(33-29)21-9-11-22(12-10-21)32(35)38-3/h4-16,18,28,30-31,33-34H,17H2,1-3H3/t28-,30-,31+/m1/s1. The van der Waals surface area contributed by atoms with Gasteiger partial charge in [0, 0.05) is 17.3 Å². The number of carbonyl (C=O) groups excluding carboxylic acids is 1. The average Bonchev–Trinajstić information content (AvgIpc) is 3.34. The lowest BCUT2D eigenvalue weighted by Crippen LogP contribution is -2.30. The minimum absolute atomic E-state index is 0.00212. The fourth-order valence-electron chi connectivity index (χ4n) is 6.00. The van der Waals surface area contributed by atoms with Crippen LogP contribution in [0.25, 0.3) is 0 Å². The molecule has 3 atom stereocenters. The molecule has 0 aromatic heterocycles. The van der Waals surface area contributed by atoms with Gasteiger partial charge in [0.25, 0.3) is 10.0 Å². The number of rotatable bonds is 5. The van der Waals surface area contributed by atoms with Gasteiger partial charge in [0.2, 0.25) is 0 Å². The van der Waals surface area contributed by atoms with Crippen LogP contribution in [0, 0.1) is 19.8 Å². The van der Waals surface area contributed by atoms with Gasteiger partial charge in [-0.15, -0.1) is 0 Å². The molecule has 4 aromatic carbocycles. The van der Waals surface area contributed by atoms with E-state index >= 15 is 0 Å². The Labute approximate surface area is 229 Å². The van der Waals surface area contributed by atoms with Gasteiger partial charge in [-0.3, -0.25) is 4.72 Å². The number of hydrogen-bond donors (Lipinski definition) is 2. The summed E-state index contributed by atoms with van der Waals surface area (Å²) < 4.78 is 34.5. The maximum Gasteiger partial charge on any atom is 0.337 e. The van der Waals surface area contributed by atoms with Crippen LogP contribution in [-0.2, 0) is 21.2 Å². The van der Waals surface area contributed by atoms with E-state index in [1.165, 1.54) is 18.2 Å². The third kappa shape index (κ3) is 4.46. The Morgan fingerprint density at radius 2 is 1.67 bits per heavy atom. The smallest absolute Gasteiger partial charge is 0.337 e. The van der Waals surface area contributed by atoms with Crippen molar-refractivity contribution < 1.29 is 17.9 Å². The minimum Gasteiger partial charge on any atom is -0.465 e. The number of ether oxygens (including phenoxy) is 1. The molecule has 1 aliphatic heterocycles. The summed E-state index contributed by atoms with van der Waals surface area (Å²) in [7, 11) is -2.41. The average molecular weight is 539 g/mol. The number of carbonyl (C=O) groups is 1. The molecule has 0 spiro atoms. The Bertz CT molecular complexity index is 1700. The monoisotopic (exact) mass is 538 g/mol. The molecule has 1 heterocycles. The largest absolute Gasteiger partial charge is 0.465 e. The number of esters is 1. The van der Waals surface area contributed by atoms with Crippen molar-refractivity contribution in [3.63, 3.8) is 0 Å². The first-order valence-corrected chi connectivity index (χ1v) is 14.5. The molecular weight excluding hydrogens is 508 g/mol. The van der Waals surface area contributed by atoms with Crippen LogP contribution in [0.15, 0.2) is 89.8 Å². The van der Waals surface area contributed by atoms with Gasteiger partial charge in [0.15, 0.2) is 0 Å². The second-order valence-electron chi connectivity index (χ2n) is 10.4. The first kappa shape index (κ1) is 25.2. The van der Waals surface area contributed by atoms with E-state index in [0.717, 1.165) is 34.4 Å². The van der Waals surface area contributed by atoms with Crippen molar-refractivity contribution in [1.82, 2.24) is 0 Å².